The van der Waals surface area contributed by atoms with Gasteiger partial charge in [0.05, 0.1) is 5.38 Å². The van der Waals surface area contributed by atoms with Crippen molar-refractivity contribution in [2.75, 3.05) is 0 Å². The average molecular weight is 310 g/mol. The fourth-order valence-electron chi connectivity index (χ4n) is 1.92. The van der Waals surface area contributed by atoms with Crippen molar-refractivity contribution in [1.82, 2.24) is 0 Å². The lowest BCUT2D eigenvalue weighted by atomic mass is 9.98. The summed E-state index contributed by atoms with van der Waals surface area (Å²) in [5.41, 5.74) is 4.82. The van der Waals surface area contributed by atoms with E-state index < -0.39 is 0 Å². The highest BCUT2D eigenvalue weighted by Crippen LogP contribution is 2.31. The van der Waals surface area contributed by atoms with Gasteiger partial charge in [-0.05, 0) is 42.7 Å². The van der Waals surface area contributed by atoms with Crippen molar-refractivity contribution in [2.24, 2.45) is 0 Å². The van der Waals surface area contributed by atoms with Crippen LogP contribution in [0.5, 0.6) is 0 Å². The van der Waals surface area contributed by atoms with Crippen LogP contribution in [0, 0.1) is 13.8 Å². The smallest absolute Gasteiger partial charge is 0.0838 e. The average Bonchev–Trinajstić information content (AvgIpc) is 2.29. The molecule has 0 aliphatic rings. The Morgan fingerprint density at radius 1 is 1.00 bits per heavy atom. The largest absolute Gasteiger partial charge is 0.113 e. The zero-order chi connectivity index (χ0) is 12.4. The van der Waals surface area contributed by atoms with Crippen molar-refractivity contribution in [3.05, 3.63) is 69.2 Å². The van der Waals surface area contributed by atoms with Crippen LogP contribution >= 0.6 is 27.5 Å². The zero-order valence-corrected chi connectivity index (χ0v) is 12.2. The van der Waals surface area contributed by atoms with Gasteiger partial charge in [-0.1, -0.05) is 51.8 Å². The molecule has 0 amide bonds. The number of alkyl halides is 1. The molecule has 0 N–H and O–H groups in total. The molecule has 0 aromatic heterocycles. The molecule has 0 fully saturated rings. The van der Waals surface area contributed by atoms with Crippen LogP contribution in [0.1, 0.15) is 27.6 Å². The predicted octanol–water partition coefficient (Wildman–Crippen LogP) is 5.39. The van der Waals surface area contributed by atoms with Crippen molar-refractivity contribution in [2.45, 2.75) is 19.2 Å². The first-order valence-electron chi connectivity index (χ1n) is 5.54. The minimum atomic E-state index is -0.0799. The Morgan fingerprint density at radius 2 is 1.65 bits per heavy atom. The van der Waals surface area contributed by atoms with Gasteiger partial charge in [-0.25, -0.2) is 0 Å². The molecule has 0 bridgehead atoms. The standard InChI is InChI=1S/C15H14BrCl/c1-10-3-8-14(11(2)9-10)15(17)12-4-6-13(16)7-5-12/h3-9,15H,1-2H3. The molecule has 2 heteroatoms. The third kappa shape index (κ3) is 2.91. The summed E-state index contributed by atoms with van der Waals surface area (Å²) < 4.78 is 1.07. The van der Waals surface area contributed by atoms with E-state index >= 15 is 0 Å². The van der Waals surface area contributed by atoms with Crippen LogP contribution in [0.3, 0.4) is 0 Å². The maximum atomic E-state index is 6.53. The van der Waals surface area contributed by atoms with E-state index in [1.54, 1.807) is 0 Å². The Bertz CT molecular complexity index is 517. The third-order valence-corrected chi connectivity index (χ3v) is 3.88. The van der Waals surface area contributed by atoms with Gasteiger partial charge in [0.25, 0.3) is 0 Å². The SMILES string of the molecule is Cc1ccc(C(Cl)c2ccc(Br)cc2)c(C)c1. The molecular formula is C15H14BrCl. The first kappa shape index (κ1) is 12.7. The number of hydrogen-bond acceptors (Lipinski definition) is 0. The summed E-state index contributed by atoms with van der Waals surface area (Å²) in [6.07, 6.45) is 0. The van der Waals surface area contributed by atoms with Gasteiger partial charge in [0.1, 0.15) is 0 Å². The minimum Gasteiger partial charge on any atom is -0.113 e. The van der Waals surface area contributed by atoms with E-state index in [1.807, 2.05) is 12.1 Å². The summed E-state index contributed by atoms with van der Waals surface area (Å²) >= 11 is 9.96. The van der Waals surface area contributed by atoms with E-state index in [-0.39, 0.29) is 5.38 Å². The third-order valence-electron chi connectivity index (χ3n) is 2.86. The topological polar surface area (TPSA) is 0 Å². The molecule has 88 valence electrons. The molecule has 0 aliphatic carbocycles. The van der Waals surface area contributed by atoms with Crippen LogP contribution in [-0.4, -0.2) is 0 Å². The number of benzene rings is 2. The van der Waals surface area contributed by atoms with Gasteiger partial charge in [0, 0.05) is 4.47 Å². The Balaban J connectivity index is 2.36. The van der Waals surface area contributed by atoms with E-state index in [0.717, 1.165) is 10.0 Å². The first-order valence-corrected chi connectivity index (χ1v) is 6.77. The zero-order valence-electron chi connectivity index (χ0n) is 9.87. The van der Waals surface area contributed by atoms with E-state index in [4.69, 9.17) is 11.6 Å². The minimum absolute atomic E-state index is 0.0799. The van der Waals surface area contributed by atoms with Crippen LogP contribution in [0.25, 0.3) is 0 Å². The molecule has 2 rings (SSSR count). The highest BCUT2D eigenvalue weighted by atomic mass is 79.9. The lowest BCUT2D eigenvalue weighted by molar-refractivity contribution is 1.10. The molecule has 0 saturated heterocycles. The summed E-state index contributed by atoms with van der Waals surface area (Å²) in [7, 11) is 0. The van der Waals surface area contributed by atoms with Gasteiger partial charge in [0.2, 0.25) is 0 Å². The van der Waals surface area contributed by atoms with Gasteiger partial charge in [-0.15, -0.1) is 11.6 Å². The van der Waals surface area contributed by atoms with Crippen molar-refractivity contribution in [3.63, 3.8) is 0 Å². The van der Waals surface area contributed by atoms with Crippen molar-refractivity contribution in [3.8, 4) is 0 Å². The molecule has 0 saturated carbocycles. The molecule has 0 spiro atoms. The number of hydrogen-bond donors (Lipinski definition) is 0. The molecule has 0 aliphatic heterocycles. The maximum Gasteiger partial charge on any atom is 0.0838 e. The molecule has 1 unspecified atom stereocenters. The number of rotatable bonds is 2. The second-order valence-electron chi connectivity index (χ2n) is 4.27. The molecular weight excluding hydrogens is 296 g/mol. The summed E-state index contributed by atoms with van der Waals surface area (Å²) in [5, 5.41) is -0.0799. The van der Waals surface area contributed by atoms with E-state index in [0.29, 0.717) is 0 Å². The van der Waals surface area contributed by atoms with Crippen LogP contribution in [0.4, 0.5) is 0 Å². The molecule has 2 aromatic rings. The Morgan fingerprint density at radius 3 is 2.24 bits per heavy atom. The van der Waals surface area contributed by atoms with Crippen LogP contribution < -0.4 is 0 Å². The Kier molecular flexibility index (Phi) is 3.90. The van der Waals surface area contributed by atoms with Crippen molar-refractivity contribution >= 4 is 27.5 Å². The van der Waals surface area contributed by atoms with Crippen LogP contribution in [0.15, 0.2) is 46.9 Å². The quantitative estimate of drug-likeness (QED) is 0.652. The molecule has 0 nitrogen and oxygen atoms in total. The first-order chi connectivity index (χ1) is 8.08. The second-order valence-corrected chi connectivity index (χ2v) is 5.63. The van der Waals surface area contributed by atoms with Crippen molar-refractivity contribution in [1.29, 1.82) is 0 Å². The highest BCUT2D eigenvalue weighted by molar-refractivity contribution is 9.10. The number of aryl methyl sites for hydroxylation is 2. The predicted molar refractivity (Wildman–Crippen MR) is 77.8 cm³/mol. The van der Waals surface area contributed by atoms with Gasteiger partial charge in [-0.2, -0.15) is 0 Å². The monoisotopic (exact) mass is 308 g/mol. The summed E-state index contributed by atoms with van der Waals surface area (Å²) in [6, 6.07) is 14.6. The van der Waals surface area contributed by atoms with E-state index in [1.165, 1.54) is 16.7 Å². The van der Waals surface area contributed by atoms with E-state index in [2.05, 4.69) is 60.1 Å². The van der Waals surface area contributed by atoms with Gasteiger partial charge >= 0.3 is 0 Å². The number of halogens is 2. The van der Waals surface area contributed by atoms with Crippen molar-refractivity contribution < 1.29 is 0 Å². The van der Waals surface area contributed by atoms with Crippen LogP contribution in [-0.2, 0) is 0 Å². The highest BCUT2D eigenvalue weighted by Gasteiger charge is 2.12. The lowest BCUT2D eigenvalue weighted by Gasteiger charge is -2.14. The summed E-state index contributed by atoms with van der Waals surface area (Å²) in [5.74, 6) is 0. The molecule has 0 heterocycles. The fourth-order valence-corrected chi connectivity index (χ4v) is 2.58. The normalized spacial score (nSPS) is 12.5. The molecule has 1 atom stereocenters. The van der Waals surface area contributed by atoms with Crippen LogP contribution in [0.2, 0.25) is 0 Å². The fraction of sp³-hybridized carbons (Fsp3) is 0.200. The molecule has 17 heavy (non-hydrogen) atoms. The van der Waals surface area contributed by atoms with Gasteiger partial charge in [0.15, 0.2) is 0 Å². The van der Waals surface area contributed by atoms with Gasteiger partial charge < -0.3 is 0 Å². The van der Waals surface area contributed by atoms with E-state index in [9.17, 15) is 0 Å². The molecule has 2 aromatic carbocycles. The van der Waals surface area contributed by atoms with Gasteiger partial charge in [-0.3, -0.25) is 0 Å². The Hall–Kier alpha value is -0.790. The lowest BCUT2D eigenvalue weighted by Crippen LogP contribution is -1.96. The molecule has 0 radical (unpaired) electrons. The second kappa shape index (κ2) is 5.24. The Labute approximate surface area is 116 Å². The summed E-state index contributed by atoms with van der Waals surface area (Å²) in [6.45, 7) is 4.20. The maximum absolute atomic E-state index is 6.53. The summed E-state index contributed by atoms with van der Waals surface area (Å²) in [4.78, 5) is 0.